The summed E-state index contributed by atoms with van der Waals surface area (Å²) < 4.78 is 5.88. The Hall–Kier alpha value is -1.88. The van der Waals surface area contributed by atoms with Crippen LogP contribution in [0.4, 0.5) is 4.79 Å². The fraction of sp³-hybridized carbons (Fsp3) is 0.429. The van der Waals surface area contributed by atoms with E-state index >= 15 is 0 Å². The van der Waals surface area contributed by atoms with Gasteiger partial charge in [-0.2, -0.15) is 5.10 Å². The largest absolute Gasteiger partial charge is 0.374 e. The minimum atomic E-state index is -0.670. The first-order chi connectivity index (χ1) is 9.25. The fourth-order valence-corrected chi connectivity index (χ4v) is 2.22. The first-order valence-corrected chi connectivity index (χ1v) is 6.54. The number of carbonyl (C=O) groups excluding carboxylic acids is 1. The number of nitrogens with zero attached hydrogens (tertiary/aromatic N) is 1. The van der Waals surface area contributed by atoms with Gasteiger partial charge >= 0.3 is 6.03 Å². The molecular formula is C14H19N3O2. The third kappa shape index (κ3) is 4.37. The Morgan fingerprint density at radius 1 is 1.42 bits per heavy atom. The summed E-state index contributed by atoms with van der Waals surface area (Å²) in [6.45, 7) is 0.573. The van der Waals surface area contributed by atoms with Gasteiger partial charge in [0.1, 0.15) is 0 Å². The summed E-state index contributed by atoms with van der Waals surface area (Å²) in [5.74, 6) is 0. The smallest absolute Gasteiger partial charge is 0.332 e. The molecule has 0 aromatic heterocycles. The van der Waals surface area contributed by atoms with Crippen LogP contribution in [-0.4, -0.2) is 18.3 Å². The first kappa shape index (κ1) is 13.5. The summed E-state index contributed by atoms with van der Waals surface area (Å²) in [5.41, 5.74) is 9.12. The van der Waals surface area contributed by atoms with Crippen LogP contribution in [0, 0.1) is 0 Å². The van der Waals surface area contributed by atoms with Crippen molar-refractivity contribution in [3.05, 3.63) is 35.4 Å². The van der Waals surface area contributed by atoms with Gasteiger partial charge in [0.05, 0.1) is 18.9 Å². The molecule has 1 aromatic carbocycles. The topological polar surface area (TPSA) is 76.7 Å². The number of urea groups is 1. The fourth-order valence-electron chi connectivity index (χ4n) is 2.22. The van der Waals surface area contributed by atoms with Crippen molar-refractivity contribution >= 4 is 12.2 Å². The van der Waals surface area contributed by atoms with Gasteiger partial charge in [-0.1, -0.05) is 37.1 Å². The number of rotatable bonds is 5. The zero-order chi connectivity index (χ0) is 13.5. The van der Waals surface area contributed by atoms with E-state index in [1.807, 2.05) is 24.3 Å². The Bertz CT molecular complexity index is 454. The molecule has 1 fully saturated rings. The molecule has 19 heavy (non-hydrogen) atoms. The van der Waals surface area contributed by atoms with Crippen molar-refractivity contribution < 1.29 is 9.53 Å². The number of benzene rings is 1. The van der Waals surface area contributed by atoms with Gasteiger partial charge in [-0.15, -0.1) is 0 Å². The molecule has 0 saturated heterocycles. The van der Waals surface area contributed by atoms with Gasteiger partial charge in [0.2, 0.25) is 0 Å². The predicted molar refractivity (Wildman–Crippen MR) is 73.8 cm³/mol. The number of nitrogens with two attached hydrogens (primary N) is 1. The average molecular weight is 261 g/mol. The Balaban J connectivity index is 1.94. The molecule has 3 N–H and O–H groups in total. The van der Waals surface area contributed by atoms with Crippen LogP contribution in [0.2, 0.25) is 0 Å². The summed E-state index contributed by atoms with van der Waals surface area (Å²) in [7, 11) is 0. The van der Waals surface area contributed by atoms with Crippen LogP contribution >= 0.6 is 0 Å². The third-order valence-electron chi connectivity index (χ3n) is 3.21. The highest BCUT2D eigenvalue weighted by atomic mass is 16.5. The quantitative estimate of drug-likeness (QED) is 0.629. The van der Waals surface area contributed by atoms with Crippen molar-refractivity contribution in [3.8, 4) is 0 Å². The van der Waals surface area contributed by atoms with Crippen LogP contribution in [0.1, 0.15) is 36.8 Å². The van der Waals surface area contributed by atoms with Gasteiger partial charge < -0.3 is 10.5 Å². The van der Waals surface area contributed by atoms with Crippen LogP contribution in [0.5, 0.6) is 0 Å². The van der Waals surface area contributed by atoms with E-state index in [-0.39, 0.29) is 0 Å². The van der Waals surface area contributed by atoms with Crippen LogP contribution in [0.25, 0.3) is 0 Å². The molecule has 2 amide bonds. The van der Waals surface area contributed by atoms with E-state index in [2.05, 4.69) is 10.5 Å². The van der Waals surface area contributed by atoms with Gasteiger partial charge in [0.15, 0.2) is 0 Å². The van der Waals surface area contributed by atoms with E-state index in [1.54, 1.807) is 6.21 Å². The minimum Gasteiger partial charge on any atom is -0.374 e. The normalized spacial score (nSPS) is 16.0. The van der Waals surface area contributed by atoms with Gasteiger partial charge in [-0.25, -0.2) is 10.2 Å². The summed E-state index contributed by atoms with van der Waals surface area (Å²) in [6.07, 6.45) is 6.79. The number of ether oxygens (including phenoxy) is 1. The van der Waals surface area contributed by atoms with Crippen molar-refractivity contribution in [1.29, 1.82) is 0 Å². The molecule has 0 atom stereocenters. The molecule has 0 unspecified atom stereocenters. The van der Waals surface area contributed by atoms with Crippen molar-refractivity contribution in [1.82, 2.24) is 5.43 Å². The molecule has 5 heteroatoms. The molecule has 2 rings (SSSR count). The SMILES string of the molecule is NC(=O)NN=Cc1ccccc1COC1CCCC1. The first-order valence-electron chi connectivity index (χ1n) is 6.54. The maximum absolute atomic E-state index is 10.5. The second kappa shape index (κ2) is 6.89. The Kier molecular flexibility index (Phi) is 4.92. The standard InChI is InChI=1S/C14H19N3O2/c15-14(18)17-16-9-11-5-1-2-6-12(11)10-19-13-7-3-4-8-13/h1-2,5-6,9,13H,3-4,7-8,10H2,(H3,15,17,18). The van der Waals surface area contributed by atoms with Crippen LogP contribution in [0.3, 0.4) is 0 Å². The van der Waals surface area contributed by atoms with Crippen LogP contribution < -0.4 is 11.2 Å². The average Bonchev–Trinajstić information content (AvgIpc) is 2.90. The maximum Gasteiger partial charge on any atom is 0.332 e. The number of carbonyl (C=O) groups is 1. The van der Waals surface area contributed by atoms with Gasteiger partial charge in [0, 0.05) is 5.56 Å². The molecule has 1 aliphatic carbocycles. The second-order valence-electron chi connectivity index (χ2n) is 4.65. The lowest BCUT2D eigenvalue weighted by Gasteiger charge is -2.12. The number of primary amides is 1. The summed E-state index contributed by atoms with van der Waals surface area (Å²) >= 11 is 0. The number of hydrazone groups is 1. The lowest BCUT2D eigenvalue weighted by molar-refractivity contribution is 0.0456. The number of nitrogens with one attached hydrogen (secondary N) is 1. The lowest BCUT2D eigenvalue weighted by Crippen LogP contribution is -2.24. The van der Waals surface area contributed by atoms with Crippen molar-refractivity contribution in [3.63, 3.8) is 0 Å². The molecule has 102 valence electrons. The highest BCUT2D eigenvalue weighted by Gasteiger charge is 2.15. The summed E-state index contributed by atoms with van der Waals surface area (Å²) in [5, 5.41) is 3.78. The number of hydrogen-bond acceptors (Lipinski definition) is 3. The third-order valence-corrected chi connectivity index (χ3v) is 3.21. The molecule has 0 aliphatic heterocycles. The monoisotopic (exact) mass is 261 g/mol. The van der Waals surface area contributed by atoms with Crippen LogP contribution in [0.15, 0.2) is 29.4 Å². The van der Waals surface area contributed by atoms with Gasteiger partial charge in [-0.3, -0.25) is 0 Å². The van der Waals surface area contributed by atoms with E-state index < -0.39 is 6.03 Å². The lowest BCUT2D eigenvalue weighted by atomic mass is 10.1. The predicted octanol–water partition coefficient (Wildman–Crippen LogP) is 2.15. The van der Waals surface area contributed by atoms with Crippen molar-refractivity contribution in [2.75, 3.05) is 0 Å². The molecule has 0 heterocycles. The van der Waals surface area contributed by atoms with Crippen molar-refractivity contribution in [2.24, 2.45) is 10.8 Å². The highest BCUT2D eigenvalue weighted by molar-refractivity contribution is 5.83. The van der Waals surface area contributed by atoms with Gasteiger partial charge in [0.25, 0.3) is 0 Å². The number of hydrogen-bond donors (Lipinski definition) is 2. The molecule has 1 aromatic rings. The van der Waals surface area contributed by atoms with E-state index in [4.69, 9.17) is 10.5 Å². The second-order valence-corrected chi connectivity index (χ2v) is 4.65. The van der Waals surface area contributed by atoms with E-state index in [9.17, 15) is 4.79 Å². The molecule has 0 spiro atoms. The molecule has 1 aliphatic rings. The maximum atomic E-state index is 10.5. The zero-order valence-electron chi connectivity index (χ0n) is 10.8. The van der Waals surface area contributed by atoms with E-state index in [0.717, 1.165) is 24.0 Å². The van der Waals surface area contributed by atoms with E-state index in [1.165, 1.54) is 12.8 Å². The zero-order valence-corrected chi connectivity index (χ0v) is 10.8. The van der Waals surface area contributed by atoms with Gasteiger partial charge in [-0.05, 0) is 18.4 Å². The summed E-state index contributed by atoms with van der Waals surface area (Å²) in [6, 6.07) is 7.15. The number of amides is 2. The Labute approximate surface area is 112 Å². The Morgan fingerprint density at radius 3 is 2.89 bits per heavy atom. The van der Waals surface area contributed by atoms with Crippen LogP contribution in [-0.2, 0) is 11.3 Å². The summed E-state index contributed by atoms with van der Waals surface area (Å²) in [4.78, 5) is 10.5. The molecular weight excluding hydrogens is 242 g/mol. The highest BCUT2D eigenvalue weighted by Crippen LogP contribution is 2.22. The molecule has 0 radical (unpaired) electrons. The minimum absolute atomic E-state index is 0.383. The van der Waals surface area contributed by atoms with E-state index in [0.29, 0.717) is 12.7 Å². The molecule has 1 saturated carbocycles. The molecule has 0 bridgehead atoms. The van der Waals surface area contributed by atoms with Crippen molar-refractivity contribution in [2.45, 2.75) is 38.4 Å². The molecule has 5 nitrogen and oxygen atoms in total. The Morgan fingerprint density at radius 2 is 2.16 bits per heavy atom.